The number of halogens is 1. The second-order valence-electron chi connectivity index (χ2n) is 2.57. The average molecular weight is 162 g/mol. The summed E-state index contributed by atoms with van der Waals surface area (Å²) in [6.45, 7) is 0. The van der Waals surface area contributed by atoms with Crippen LogP contribution in [0, 0.1) is 0 Å². The van der Waals surface area contributed by atoms with E-state index in [9.17, 15) is 4.32 Å². The van der Waals surface area contributed by atoms with Gasteiger partial charge in [0.2, 0.25) is 0 Å². The molecule has 0 radical (unpaired) electrons. The minimum absolute atomic E-state index is 1.13. The Hall–Kier alpha value is -1.45. The summed E-state index contributed by atoms with van der Waals surface area (Å²) in [4.78, 5) is 0. The van der Waals surface area contributed by atoms with Crippen LogP contribution in [0.4, 0.5) is 4.32 Å². The van der Waals surface area contributed by atoms with Crippen LogP contribution in [0.1, 0.15) is 0 Å². The molecule has 2 nitrogen and oxygen atoms in total. The van der Waals surface area contributed by atoms with Crippen LogP contribution in [0.2, 0.25) is 0 Å². The van der Waals surface area contributed by atoms with Crippen molar-refractivity contribution < 1.29 is 4.32 Å². The number of hydrogen-bond donors (Lipinski definition) is 0. The maximum absolute atomic E-state index is 13.5. The van der Waals surface area contributed by atoms with Gasteiger partial charge in [0.15, 0.2) is 0 Å². The van der Waals surface area contributed by atoms with E-state index >= 15 is 0 Å². The highest BCUT2D eigenvalue weighted by molar-refractivity contribution is 6.47. The summed E-state index contributed by atoms with van der Waals surface area (Å²) in [5.74, 6) is 0. The smallest absolute Gasteiger partial charge is 0.348 e. The minimum Gasteiger partial charge on any atom is -0.348 e. The fraction of sp³-hybridized carbons (Fsp3) is 0. The molecule has 2 rings (SSSR count). The highest BCUT2D eigenvalue weighted by Gasteiger charge is 2.17. The Balaban J connectivity index is 2.27. The van der Waals surface area contributed by atoms with Gasteiger partial charge in [0.1, 0.15) is 0 Å². The molecule has 0 unspecified atom stereocenters. The van der Waals surface area contributed by atoms with E-state index < -0.39 is 7.26 Å². The summed E-state index contributed by atoms with van der Waals surface area (Å²) >= 11 is 0. The monoisotopic (exact) mass is 162 g/mol. The van der Waals surface area contributed by atoms with Crippen LogP contribution >= 0.6 is 0 Å². The van der Waals surface area contributed by atoms with Crippen LogP contribution in [0.25, 0.3) is 0 Å². The molecule has 0 aliphatic carbocycles. The molecule has 0 aromatic carbocycles. The molecule has 0 saturated carbocycles. The van der Waals surface area contributed by atoms with Crippen molar-refractivity contribution in [3.8, 4) is 0 Å². The number of nitrogens with zero attached hydrogens (tertiary/aromatic N) is 2. The third-order valence-corrected chi connectivity index (χ3v) is 1.75. The summed E-state index contributed by atoms with van der Waals surface area (Å²) in [6.07, 6.45) is 6.80. The van der Waals surface area contributed by atoms with Crippen molar-refractivity contribution in [2.24, 2.45) is 0 Å². The van der Waals surface area contributed by atoms with E-state index in [1.165, 1.54) is 8.96 Å². The highest BCUT2D eigenvalue weighted by Crippen LogP contribution is 1.99. The van der Waals surface area contributed by atoms with Crippen molar-refractivity contribution in [3.05, 3.63) is 49.1 Å². The van der Waals surface area contributed by atoms with Gasteiger partial charge in [-0.3, -0.25) is 4.32 Å². The molecular weight excluding hydrogens is 154 g/mol. The first kappa shape index (κ1) is 7.22. The van der Waals surface area contributed by atoms with Crippen LogP contribution in [0.15, 0.2) is 49.1 Å². The third-order valence-electron chi connectivity index (χ3n) is 1.75. The van der Waals surface area contributed by atoms with Gasteiger partial charge in [-0.1, -0.05) is 0 Å². The fourth-order valence-electron chi connectivity index (χ4n) is 1.13. The Morgan fingerprint density at radius 3 is 1.42 bits per heavy atom. The fourth-order valence-corrected chi connectivity index (χ4v) is 1.13. The van der Waals surface area contributed by atoms with E-state index in [-0.39, 0.29) is 0 Å². The topological polar surface area (TPSA) is 9.86 Å². The lowest BCUT2D eigenvalue weighted by Gasteiger charge is -2.05. The van der Waals surface area contributed by atoms with Crippen LogP contribution in [0.3, 0.4) is 0 Å². The molecule has 0 bridgehead atoms. The molecule has 0 N–H and O–H groups in total. The summed E-state index contributed by atoms with van der Waals surface area (Å²) in [5.41, 5.74) is 0. The van der Waals surface area contributed by atoms with Crippen molar-refractivity contribution in [1.82, 2.24) is 8.96 Å². The zero-order valence-corrected chi connectivity index (χ0v) is 6.47. The average Bonchev–Trinajstić information content (AvgIpc) is 2.77. The molecular formula is C8H8BFN2. The van der Waals surface area contributed by atoms with Crippen LogP contribution in [-0.4, -0.2) is 16.2 Å². The molecule has 4 heteroatoms. The third kappa shape index (κ3) is 1.16. The van der Waals surface area contributed by atoms with Gasteiger partial charge in [0.05, 0.1) is 0 Å². The SMILES string of the molecule is FB(n1cccc1)n1cccc1. The van der Waals surface area contributed by atoms with Crippen LogP contribution < -0.4 is 0 Å². The predicted octanol–water partition coefficient (Wildman–Crippen LogP) is 1.64. The molecule has 0 aliphatic heterocycles. The Morgan fingerprint density at radius 2 is 1.08 bits per heavy atom. The Kier molecular flexibility index (Phi) is 1.74. The second kappa shape index (κ2) is 2.89. The van der Waals surface area contributed by atoms with Crippen molar-refractivity contribution in [3.63, 3.8) is 0 Å². The summed E-state index contributed by atoms with van der Waals surface area (Å²) in [6, 6.07) is 7.21. The zero-order valence-electron chi connectivity index (χ0n) is 6.47. The molecule has 2 heterocycles. The number of rotatable bonds is 2. The predicted molar refractivity (Wildman–Crippen MR) is 46.5 cm³/mol. The van der Waals surface area contributed by atoms with E-state index in [0.29, 0.717) is 0 Å². The maximum Gasteiger partial charge on any atom is 0.595 e. The first-order valence-electron chi connectivity index (χ1n) is 3.77. The van der Waals surface area contributed by atoms with E-state index in [4.69, 9.17) is 0 Å². The Bertz CT molecular complexity index is 294. The van der Waals surface area contributed by atoms with Crippen molar-refractivity contribution in [1.29, 1.82) is 0 Å². The molecule has 2 aromatic rings. The van der Waals surface area contributed by atoms with E-state index in [2.05, 4.69) is 0 Å². The van der Waals surface area contributed by atoms with Gasteiger partial charge in [-0.05, 0) is 49.1 Å². The molecule has 60 valence electrons. The van der Waals surface area contributed by atoms with Crippen molar-refractivity contribution in [2.75, 3.05) is 0 Å². The number of aromatic nitrogens is 2. The molecule has 0 saturated heterocycles. The van der Waals surface area contributed by atoms with Gasteiger partial charge < -0.3 is 8.96 Å². The molecule has 0 fully saturated rings. The second-order valence-corrected chi connectivity index (χ2v) is 2.57. The standard InChI is InChI=1S/C8H8BFN2/c10-9(11-5-1-2-6-11)12-7-3-4-8-12/h1-8H. The minimum atomic E-state index is -1.13. The summed E-state index contributed by atoms with van der Waals surface area (Å²) in [5, 5.41) is 0. The van der Waals surface area contributed by atoms with Crippen molar-refractivity contribution in [2.45, 2.75) is 0 Å². The Morgan fingerprint density at radius 1 is 0.750 bits per heavy atom. The molecule has 0 aliphatic rings. The van der Waals surface area contributed by atoms with Gasteiger partial charge in [-0.25, -0.2) is 0 Å². The molecule has 2 aromatic heterocycles. The molecule has 0 spiro atoms. The van der Waals surface area contributed by atoms with Gasteiger partial charge >= 0.3 is 7.26 Å². The molecule has 0 atom stereocenters. The first-order chi connectivity index (χ1) is 5.88. The zero-order chi connectivity index (χ0) is 8.39. The van der Waals surface area contributed by atoms with Gasteiger partial charge in [-0.15, -0.1) is 0 Å². The highest BCUT2D eigenvalue weighted by atomic mass is 19.1. The number of hydrogen-bond acceptors (Lipinski definition) is 0. The lowest BCUT2D eigenvalue weighted by molar-refractivity contribution is 0.749. The van der Waals surface area contributed by atoms with Gasteiger partial charge in [0, 0.05) is 0 Å². The van der Waals surface area contributed by atoms with Crippen LogP contribution in [0.5, 0.6) is 0 Å². The maximum atomic E-state index is 13.5. The van der Waals surface area contributed by atoms with E-state index in [1.807, 2.05) is 0 Å². The quantitative estimate of drug-likeness (QED) is 0.594. The lowest BCUT2D eigenvalue weighted by Crippen LogP contribution is -2.26. The summed E-state index contributed by atoms with van der Waals surface area (Å²) in [7, 11) is -1.13. The van der Waals surface area contributed by atoms with E-state index in [0.717, 1.165) is 0 Å². The lowest BCUT2D eigenvalue weighted by atomic mass is 10.1. The van der Waals surface area contributed by atoms with E-state index in [1.54, 1.807) is 49.1 Å². The normalized spacial score (nSPS) is 10.1. The van der Waals surface area contributed by atoms with Gasteiger partial charge in [-0.2, -0.15) is 0 Å². The van der Waals surface area contributed by atoms with Crippen LogP contribution in [-0.2, 0) is 0 Å². The largest absolute Gasteiger partial charge is 0.595 e. The van der Waals surface area contributed by atoms with Crippen molar-refractivity contribution >= 4 is 7.26 Å². The molecule has 12 heavy (non-hydrogen) atoms. The molecule has 0 amide bonds. The summed E-state index contributed by atoms with van der Waals surface area (Å²) < 4.78 is 16.5. The Labute approximate surface area is 70.4 Å². The van der Waals surface area contributed by atoms with Gasteiger partial charge in [0.25, 0.3) is 0 Å². The first-order valence-corrected chi connectivity index (χ1v) is 3.77.